The molecule has 0 aliphatic heterocycles. The van der Waals surface area contributed by atoms with Gasteiger partial charge in [0.15, 0.2) is 0 Å². The average molecular weight is 253 g/mol. The molecule has 0 fully saturated rings. The van der Waals surface area contributed by atoms with Gasteiger partial charge in [-0.1, -0.05) is 0 Å². The number of aromatic hydroxyl groups is 1. The van der Waals surface area contributed by atoms with Crippen molar-refractivity contribution in [2.45, 2.75) is 19.1 Å². The number of phenols is 1. The van der Waals surface area contributed by atoms with Crippen LogP contribution >= 0.6 is 0 Å². The molecule has 7 nitrogen and oxygen atoms in total. The highest BCUT2D eigenvalue weighted by molar-refractivity contribution is 5.97. The zero-order valence-electron chi connectivity index (χ0n) is 9.75. The minimum atomic E-state index is -1.14. The lowest BCUT2D eigenvalue weighted by atomic mass is 10.1. The summed E-state index contributed by atoms with van der Waals surface area (Å²) in [7, 11) is 0. The number of amides is 2. The van der Waals surface area contributed by atoms with Crippen LogP contribution in [0.5, 0.6) is 5.75 Å². The van der Waals surface area contributed by atoms with Gasteiger partial charge in [-0.2, -0.15) is 0 Å². The van der Waals surface area contributed by atoms with Crippen molar-refractivity contribution in [3.8, 4) is 5.75 Å². The highest BCUT2D eigenvalue weighted by Crippen LogP contribution is 2.09. The number of nitrogens with two attached hydrogens (primary N) is 1. The van der Waals surface area contributed by atoms with Gasteiger partial charge >= 0.3 is 0 Å². The van der Waals surface area contributed by atoms with E-state index in [1.54, 1.807) is 0 Å². The van der Waals surface area contributed by atoms with E-state index in [0.29, 0.717) is 0 Å². The topological polar surface area (TPSA) is 125 Å². The molecule has 7 heteroatoms. The third-order valence-electron chi connectivity index (χ3n) is 2.32. The summed E-state index contributed by atoms with van der Waals surface area (Å²) in [5.41, 5.74) is 2.11. The second kappa shape index (κ2) is 5.99. The number of carbonyl (C=O) groups is 2. The SMILES string of the molecule is C[C@@H](O)[C@H](NC(=O)c1ccc(O)cc1)C(=O)NN. The van der Waals surface area contributed by atoms with Crippen molar-refractivity contribution >= 4 is 11.8 Å². The van der Waals surface area contributed by atoms with Crippen LogP contribution in [0.4, 0.5) is 0 Å². The molecule has 1 aromatic carbocycles. The average Bonchev–Trinajstić information content (AvgIpc) is 2.35. The summed E-state index contributed by atoms with van der Waals surface area (Å²) in [6.45, 7) is 1.36. The smallest absolute Gasteiger partial charge is 0.259 e. The van der Waals surface area contributed by atoms with Gasteiger partial charge in [-0.3, -0.25) is 15.0 Å². The maximum absolute atomic E-state index is 11.8. The number of nitrogens with one attached hydrogen (secondary N) is 2. The third-order valence-corrected chi connectivity index (χ3v) is 2.32. The Morgan fingerprint density at radius 1 is 1.28 bits per heavy atom. The second-order valence-corrected chi connectivity index (χ2v) is 3.75. The number of aliphatic hydroxyl groups is 1. The number of benzene rings is 1. The second-order valence-electron chi connectivity index (χ2n) is 3.75. The van der Waals surface area contributed by atoms with E-state index in [0.717, 1.165) is 0 Å². The lowest BCUT2D eigenvalue weighted by molar-refractivity contribution is -0.125. The van der Waals surface area contributed by atoms with Crippen LogP contribution in [0.25, 0.3) is 0 Å². The molecule has 0 spiro atoms. The first-order chi connectivity index (χ1) is 8.45. The first-order valence-electron chi connectivity index (χ1n) is 5.24. The maximum atomic E-state index is 11.8. The summed E-state index contributed by atoms with van der Waals surface area (Å²) in [4.78, 5) is 23.1. The summed E-state index contributed by atoms with van der Waals surface area (Å²) in [5.74, 6) is 3.73. The van der Waals surface area contributed by atoms with Gasteiger partial charge in [0.25, 0.3) is 11.8 Å². The van der Waals surface area contributed by atoms with E-state index in [4.69, 9.17) is 10.9 Å². The van der Waals surface area contributed by atoms with Crippen LogP contribution in [0.3, 0.4) is 0 Å². The molecule has 98 valence electrons. The van der Waals surface area contributed by atoms with E-state index in [-0.39, 0.29) is 11.3 Å². The fourth-order valence-corrected chi connectivity index (χ4v) is 1.33. The summed E-state index contributed by atoms with van der Waals surface area (Å²) in [5, 5.41) is 20.8. The van der Waals surface area contributed by atoms with Gasteiger partial charge < -0.3 is 15.5 Å². The largest absolute Gasteiger partial charge is 0.508 e. The highest BCUT2D eigenvalue weighted by atomic mass is 16.3. The minimum absolute atomic E-state index is 0.0262. The fourth-order valence-electron chi connectivity index (χ4n) is 1.33. The molecular formula is C11H15N3O4. The fraction of sp³-hybridized carbons (Fsp3) is 0.273. The van der Waals surface area contributed by atoms with E-state index < -0.39 is 24.0 Å². The lowest BCUT2D eigenvalue weighted by Crippen LogP contribution is -2.54. The zero-order chi connectivity index (χ0) is 13.7. The van der Waals surface area contributed by atoms with Crippen molar-refractivity contribution in [2.24, 2.45) is 5.84 Å². The van der Waals surface area contributed by atoms with Crippen LogP contribution in [-0.2, 0) is 4.79 Å². The van der Waals surface area contributed by atoms with Crippen LogP contribution in [0, 0.1) is 0 Å². The quantitative estimate of drug-likeness (QED) is 0.263. The number of hydrogen-bond acceptors (Lipinski definition) is 5. The van der Waals surface area contributed by atoms with Gasteiger partial charge in [-0.25, -0.2) is 5.84 Å². The monoisotopic (exact) mass is 253 g/mol. The summed E-state index contributed by atoms with van der Waals surface area (Å²) < 4.78 is 0. The van der Waals surface area contributed by atoms with E-state index in [1.807, 2.05) is 5.43 Å². The Hall–Kier alpha value is -2.12. The normalized spacial score (nSPS) is 13.5. The van der Waals surface area contributed by atoms with Gasteiger partial charge in [0.2, 0.25) is 0 Å². The molecule has 18 heavy (non-hydrogen) atoms. The predicted octanol–water partition coefficient (Wildman–Crippen LogP) is -1.14. The molecule has 0 aliphatic rings. The first kappa shape index (κ1) is 13.9. The Balaban J connectivity index is 2.78. The molecule has 1 aromatic rings. The Morgan fingerprint density at radius 2 is 1.83 bits per heavy atom. The van der Waals surface area contributed by atoms with E-state index in [2.05, 4.69) is 5.32 Å². The van der Waals surface area contributed by atoms with Crippen molar-refractivity contribution in [1.82, 2.24) is 10.7 Å². The van der Waals surface area contributed by atoms with Crippen LogP contribution in [0.2, 0.25) is 0 Å². The van der Waals surface area contributed by atoms with Gasteiger partial charge in [-0.05, 0) is 31.2 Å². The molecule has 0 saturated heterocycles. The van der Waals surface area contributed by atoms with Crippen molar-refractivity contribution < 1.29 is 19.8 Å². The Bertz CT molecular complexity index is 430. The van der Waals surface area contributed by atoms with Crippen molar-refractivity contribution in [3.05, 3.63) is 29.8 Å². The van der Waals surface area contributed by atoms with Crippen LogP contribution in [0.1, 0.15) is 17.3 Å². The Kier molecular flexibility index (Phi) is 4.64. The van der Waals surface area contributed by atoms with Gasteiger partial charge in [0, 0.05) is 5.56 Å². The van der Waals surface area contributed by atoms with Gasteiger partial charge in [-0.15, -0.1) is 0 Å². The van der Waals surface area contributed by atoms with Crippen molar-refractivity contribution in [3.63, 3.8) is 0 Å². The minimum Gasteiger partial charge on any atom is -0.508 e. The maximum Gasteiger partial charge on any atom is 0.259 e. The molecule has 0 aliphatic carbocycles. The molecule has 2 amide bonds. The molecule has 0 saturated carbocycles. The predicted molar refractivity (Wildman–Crippen MR) is 63.4 cm³/mol. The highest BCUT2D eigenvalue weighted by Gasteiger charge is 2.25. The number of hydrazine groups is 1. The van der Waals surface area contributed by atoms with Crippen LogP contribution < -0.4 is 16.6 Å². The Morgan fingerprint density at radius 3 is 2.28 bits per heavy atom. The summed E-state index contributed by atoms with van der Waals surface area (Å²) in [6, 6.07) is 4.33. The van der Waals surface area contributed by atoms with Gasteiger partial charge in [0.1, 0.15) is 11.8 Å². The molecule has 0 bridgehead atoms. The number of phenolic OH excluding ortho intramolecular Hbond substituents is 1. The number of carbonyl (C=O) groups excluding carboxylic acids is 2. The summed E-state index contributed by atoms with van der Waals surface area (Å²) in [6.07, 6.45) is -1.09. The molecule has 2 atom stereocenters. The van der Waals surface area contributed by atoms with Crippen molar-refractivity contribution in [2.75, 3.05) is 0 Å². The standard InChI is InChI=1S/C11H15N3O4/c1-6(15)9(11(18)14-12)13-10(17)7-2-4-8(16)5-3-7/h2-6,9,15-16H,12H2,1H3,(H,13,17)(H,14,18)/t6-,9+/m1/s1. The molecule has 6 N–H and O–H groups in total. The number of hydrogen-bond donors (Lipinski definition) is 5. The van der Waals surface area contributed by atoms with Gasteiger partial charge in [0.05, 0.1) is 6.10 Å². The first-order valence-corrected chi connectivity index (χ1v) is 5.24. The van der Waals surface area contributed by atoms with Crippen LogP contribution in [-0.4, -0.2) is 34.2 Å². The number of aliphatic hydroxyl groups excluding tert-OH is 1. The molecule has 0 aromatic heterocycles. The molecule has 1 rings (SSSR count). The van der Waals surface area contributed by atoms with E-state index in [1.165, 1.54) is 31.2 Å². The molecule has 0 radical (unpaired) electrons. The van der Waals surface area contributed by atoms with E-state index in [9.17, 15) is 14.7 Å². The van der Waals surface area contributed by atoms with Crippen molar-refractivity contribution in [1.29, 1.82) is 0 Å². The molecule has 0 heterocycles. The molecule has 0 unspecified atom stereocenters. The lowest BCUT2D eigenvalue weighted by Gasteiger charge is -2.19. The molecular weight excluding hydrogens is 238 g/mol. The third kappa shape index (κ3) is 3.44. The number of rotatable bonds is 4. The van der Waals surface area contributed by atoms with Crippen LogP contribution in [0.15, 0.2) is 24.3 Å². The zero-order valence-corrected chi connectivity index (χ0v) is 9.75. The Labute approximate surface area is 104 Å². The summed E-state index contributed by atoms with van der Waals surface area (Å²) >= 11 is 0. The van der Waals surface area contributed by atoms with E-state index >= 15 is 0 Å².